The van der Waals surface area contributed by atoms with E-state index in [-0.39, 0.29) is 5.78 Å². The van der Waals surface area contributed by atoms with Crippen LogP contribution >= 0.6 is 11.6 Å². The number of halogens is 1. The van der Waals surface area contributed by atoms with Crippen LogP contribution in [0, 0.1) is 0 Å². The van der Waals surface area contributed by atoms with Gasteiger partial charge in [-0.1, -0.05) is 18.2 Å². The van der Waals surface area contributed by atoms with Crippen LogP contribution in [0.5, 0.6) is 0 Å². The molecule has 0 amide bonds. The van der Waals surface area contributed by atoms with Gasteiger partial charge in [-0.15, -0.1) is 0 Å². The summed E-state index contributed by atoms with van der Waals surface area (Å²) < 4.78 is 5.04. The monoisotopic (exact) mass is 160 g/mol. The number of hydrogen-bond donors (Lipinski definition) is 0. The van der Waals surface area contributed by atoms with Gasteiger partial charge in [0.15, 0.2) is 0 Å². The minimum Gasteiger partial charge on any atom is -0.352 e. The molecule has 1 fully saturated rings. The van der Waals surface area contributed by atoms with Gasteiger partial charge in [0.2, 0.25) is 10.8 Å². The molecule has 2 nitrogen and oxygen atoms in total. The molecule has 0 N–H and O–H groups in total. The Morgan fingerprint density at radius 2 is 2.50 bits per heavy atom. The Morgan fingerprint density at radius 1 is 1.80 bits per heavy atom. The Bertz CT molecular complexity index is 159. The van der Waals surface area contributed by atoms with E-state index in [9.17, 15) is 4.79 Å². The maximum atomic E-state index is 11.0. The second-order valence-corrected chi connectivity index (χ2v) is 2.86. The van der Waals surface area contributed by atoms with Gasteiger partial charge in [-0.2, -0.15) is 0 Å². The van der Waals surface area contributed by atoms with Crippen molar-refractivity contribution in [2.24, 2.45) is 0 Å². The minimum absolute atomic E-state index is 0.230. The number of rotatable bonds is 2. The number of ether oxygens (including phenoxy) is 1. The third kappa shape index (κ3) is 1.22. The molecule has 1 heterocycles. The zero-order valence-corrected chi connectivity index (χ0v) is 6.36. The number of alkyl halides is 1. The van der Waals surface area contributed by atoms with Gasteiger partial charge in [0.25, 0.3) is 0 Å². The average molecular weight is 161 g/mol. The fourth-order valence-electron chi connectivity index (χ4n) is 0.952. The molecule has 10 heavy (non-hydrogen) atoms. The molecule has 0 aromatic heterocycles. The van der Waals surface area contributed by atoms with Gasteiger partial charge in [0, 0.05) is 13.0 Å². The van der Waals surface area contributed by atoms with Crippen molar-refractivity contribution in [1.82, 2.24) is 0 Å². The summed E-state index contributed by atoms with van der Waals surface area (Å²) in [6.45, 7) is 3.91. The highest BCUT2D eigenvalue weighted by atomic mass is 35.5. The summed E-state index contributed by atoms with van der Waals surface area (Å²) >= 11 is 5.78. The first-order valence-corrected chi connectivity index (χ1v) is 3.56. The molecule has 1 aliphatic rings. The van der Waals surface area contributed by atoms with Crippen LogP contribution in [0.4, 0.5) is 0 Å². The summed E-state index contributed by atoms with van der Waals surface area (Å²) in [7, 11) is 0. The van der Waals surface area contributed by atoms with Crippen molar-refractivity contribution in [3.8, 4) is 0 Å². The van der Waals surface area contributed by atoms with Gasteiger partial charge in [-0.25, -0.2) is 0 Å². The SMILES string of the molecule is C=CC(=O)C1(Cl)CCCO1. The van der Waals surface area contributed by atoms with Gasteiger partial charge in [0.05, 0.1) is 0 Å². The highest BCUT2D eigenvalue weighted by molar-refractivity contribution is 6.35. The van der Waals surface area contributed by atoms with Gasteiger partial charge < -0.3 is 4.74 Å². The predicted octanol–water partition coefficient (Wildman–Crippen LogP) is 1.49. The molecule has 0 radical (unpaired) electrons. The summed E-state index contributed by atoms with van der Waals surface area (Å²) in [5.41, 5.74) is 0. The van der Waals surface area contributed by atoms with E-state index < -0.39 is 5.06 Å². The maximum absolute atomic E-state index is 11.0. The second-order valence-electron chi connectivity index (χ2n) is 2.25. The molecule has 1 rings (SSSR count). The molecule has 0 aromatic rings. The Labute approximate surface area is 64.8 Å². The fraction of sp³-hybridized carbons (Fsp3) is 0.571. The van der Waals surface area contributed by atoms with Crippen LogP contribution in [-0.4, -0.2) is 17.5 Å². The number of ketones is 1. The minimum atomic E-state index is -1.08. The van der Waals surface area contributed by atoms with Crippen molar-refractivity contribution in [1.29, 1.82) is 0 Å². The molecule has 0 aliphatic carbocycles. The second kappa shape index (κ2) is 2.72. The van der Waals surface area contributed by atoms with Gasteiger partial charge in [-0.3, -0.25) is 4.79 Å². The molecule has 0 bridgehead atoms. The summed E-state index contributed by atoms with van der Waals surface area (Å²) in [6, 6.07) is 0. The summed E-state index contributed by atoms with van der Waals surface area (Å²) in [5.74, 6) is -0.230. The zero-order chi connectivity index (χ0) is 7.61. The zero-order valence-electron chi connectivity index (χ0n) is 5.60. The predicted molar refractivity (Wildman–Crippen MR) is 39.0 cm³/mol. The number of carbonyl (C=O) groups is 1. The molecule has 56 valence electrons. The molecular formula is C7H9ClO2. The van der Waals surface area contributed by atoms with Gasteiger partial charge >= 0.3 is 0 Å². The molecular weight excluding hydrogens is 152 g/mol. The van der Waals surface area contributed by atoms with E-state index in [0.29, 0.717) is 13.0 Å². The first kappa shape index (κ1) is 7.76. The number of hydrogen-bond acceptors (Lipinski definition) is 2. The first-order valence-electron chi connectivity index (χ1n) is 3.19. The van der Waals surface area contributed by atoms with Gasteiger partial charge in [-0.05, 0) is 12.5 Å². The van der Waals surface area contributed by atoms with E-state index in [4.69, 9.17) is 16.3 Å². The quantitative estimate of drug-likeness (QED) is 0.452. The van der Waals surface area contributed by atoms with Crippen molar-refractivity contribution in [3.63, 3.8) is 0 Å². The van der Waals surface area contributed by atoms with Crippen LogP contribution in [0.2, 0.25) is 0 Å². The van der Waals surface area contributed by atoms with Gasteiger partial charge in [0.1, 0.15) is 0 Å². The van der Waals surface area contributed by atoms with E-state index in [2.05, 4.69) is 6.58 Å². The molecule has 1 unspecified atom stereocenters. The van der Waals surface area contributed by atoms with Crippen molar-refractivity contribution in [2.45, 2.75) is 17.9 Å². The van der Waals surface area contributed by atoms with E-state index in [1.54, 1.807) is 0 Å². The van der Waals surface area contributed by atoms with Crippen LogP contribution in [0.15, 0.2) is 12.7 Å². The van der Waals surface area contributed by atoms with E-state index in [1.807, 2.05) is 0 Å². The summed E-state index contributed by atoms with van der Waals surface area (Å²) in [4.78, 5) is 11.0. The summed E-state index contributed by atoms with van der Waals surface area (Å²) in [6.07, 6.45) is 2.65. The molecule has 0 aromatic carbocycles. The van der Waals surface area contributed by atoms with E-state index in [1.165, 1.54) is 6.08 Å². The van der Waals surface area contributed by atoms with Crippen LogP contribution in [0.3, 0.4) is 0 Å². The lowest BCUT2D eigenvalue weighted by Gasteiger charge is -2.15. The standard InChI is InChI=1S/C7H9ClO2/c1-2-6(9)7(8)4-3-5-10-7/h2H,1,3-5H2. The van der Waals surface area contributed by atoms with Crippen molar-refractivity contribution < 1.29 is 9.53 Å². The maximum Gasteiger partial charge on any atom is 0.204 e. The highest BCUT2D eigenvalue weighted by Gasteiger charge is 2.38. The number of carbonyl (C=O) groups excluding carboxylic acids is 1. The third-order valence-corrected chi connectivity index (χ3v) is 2.01. The third-order valence-electron chi connectivity index (χ3n) is 1.53. The smallest absolute Gasteiger partial charge is 0.204 e. The van der Waals surface area contributed by atoms with Crippen molar-refractivity contribution >= 4 is 17.4 Å². The fourth-order valence-corrected chi connectivity index (χ4v) is 1.24. The molecule has 0 saturated carbocycles. The van der Waals surface area contributed by atoms with Crippen molar-refractivity contribution in [2.75, 3.05) is 6.61 Å². The molecule has 1 atom stereocenters. The van der Waals surface area contributed by atoms with Crippen molar-refractivity contribution in [3.05, 3.63) is 12.7 Å². The first-order chi connectivity index (χ1) is 4.69. The lowest BCUT2D eigenvalue weighted by Crippen LogP contribution is -2.29. The Balaban J connectivity index is 2.66. The summed E-state index contributed by atoms with van der Waals surface area (Å²) in [5, 5.41) is -1.08. The van der Waals surface area contributed by atoms with Crippen LogP contribution < -0.4 is 0 Å². The Hall–Kier alpha value is -0.340. The van der Waals surface area contributed by atoms with Crippen LogP contribution in [-0.2, 0) is 9.53 Å². The lowest BCUT2D eigenvalue weighted by molar-refractivity contribution is -0.126. The molecule has 0 spiro atoms. The molecule has 1 saturated heterocycles. The average Bonchev–Trinajstić information content (AvgIpc) is 2.36. The molecule has 1 aliphatic heterocycles. The largest absolute Gasteiger partial charge is 0.352 e. The normalized spacial score (nSPS) is 32.1. The highest BCUT2D eigenvalue weighted by Crippen LogP contribution is 2.30. The van der Waals surface area contributed by atoms with E-state index in [0.717, 1.165) is 6.42 Å². The Morgan fingerprint density at radius 3 is 2.90 bits per heavy atom. The van der Waals surface area contributed by atoms with Crippen LogP contribution in [0.1, 0.15) is 12.8 Å². The van der Waals surface area contributed by atoms with E-state index >= 15 is 0 Å². The lowest BCUT2D eigenvalue weighted by atomic mass is 10.1. The Kier molecular flexibility index (Phi) is 2.11. The van der Waals surface area contributed by atoms with Crippen LogP contribution in [0.25, 0.3) is 0 Å². The molecule has 3 heteroatoms. The topological polar surface area (TPSA) is 26.3 Å².